The highest BCUT2D eigenvalue weighted by Crippen LogP contribution is 2.23. The van der Waals surface area contributed by atoms with Crippen LogP contribution in [0.25, 0.3) is 5.69 Å². The Labute approximate surface area is 165 Å². The van der Waals surface area contributed by atoms with E-state index in [1.807, 2.05) is 60.7 Å². The second kappa shape index (κ2) is 8.45. The van der Waals surface area contributed by atoms with Gasteiger partial charge in [-0.3, -0.25) is 4.79 Å². The number of carbonyl (C=O) groups is 1. The second-order valence-electron chi connectivity index (χ2n) is 5.77. The molecule has 0 saturated carbocycles. The van der Waals surface area contributed by atoms with Crippen LogP contribution in [-0.4, -0.2) is 30.9 Å². The molecule has 0 aliphatic heterocycles. The third-order valence-electron chi connectivity index (χ3n) is 3.89. The molecule has 2 aromatic carbocycles. The van der Waals surface area contributed by atoms with Crippen LogP contribution in [0, 0.1) is 0 Å². The zero-order chi connectivity index (χ0) is 19.2. The van der Waals surface area contributed by atoms with Gasteiger partial charge in [-0.1, -0.05) is 53.4 Å². The number of nitrogens with zero attached hydrogens (tertiary/aromatic N) is 5. The summed E-state index contributed by atoms with van der Waals surface area (Å²) < 4.78 is 1.68. The maximum atomic E-state index is 12.8. The summed E-state index contributed by atoms with van der Waals surface area (Å²) in [6, 6.07) is 20.6. The second-order valence-corrected chi connectivity index (χ2v) is 6.71. The van der Waals surface area contributed by atoms with Crippen molar-refractivity contribution < 1.29 is 4.79 Å². The van der Waals surface area contributed by atoms with Crippen LogP contribution in [0.4, 0.5) is 5.69 Å². The third kappa shape index (κ3) is 4.07. The van der Waals surface area contributed by atoms with Gasteiger partial charge in [0.15, 0.2) is 10.9 Å². The zero-order valence-electron chi connectivity index (χ0n) is 14.8. The van der Waals surface area contributed by atoms with E-state index in [-0.39, 0.29) is 11.6 Å². The van der Waals surface area contributed by atoms with Crippen molar-refractivity contribution in [3.05, 3.63) is 90.5 Å². The largest absolute Gasteiger partial charge is 0.321 e. The van der Waals surface area contributed by atoms with Crippen LogP contribution >= 0.6 is 11.8 Å². The van der Waals surface area contributed by atoms with Gasteiger partial charge in [-0.05, 0) is 30.3 Å². The van der Waals surface area contributed by atoms with E-state index in [1.165, 1.54) is 11.8 Å². The summed E-state index contributed by atoms with van der Waals surface area (Å²) in [7, 11) is 0. The van der Waals surface area contributed by atoms with E-state index in [1.54, 1.807) is 23.1 Å². The molecule has 7 nitrogen and oxygen atoms in total. The number of nitrogens with one attached hydrogen (secondary N) is 1. The van der Waals surface area contributed by atoms with Crippen LogP contribution < -0.4 is 5.32 Å². The third-order valence-corrected chi connectivity index (χ3v) is 4.78. The maximum absolute atomic E-state index is 12.8. The summed E-state index contributed by atoms with van der Waals surface area (Å²) in [5, 5.41) is 11.8. The molecule has 8 heteroatoms. The van der Waals surface area contributed by atoms with Gasteiger partial charge < -0.3 is 5.32 Å². The first kappa shape index (κ1) is 17.9. The van der Waals surface area contributed by atoms with Crippen molar-refractivity contribution in [3.8, 4) is 5.69 Å². The molecular formula is C20H16N6OS. The van der Waals surface area contributed by atoms with Gasteiger partial charge in [0.25, 0.3) is 5.91 Å². The van der Waals surface area contributed by atoms with Gasteiger partial charge in [-0.2, -0.15) is 0 Å². The molecule has 2 aromatic heterocycles. The Morgan fingerprint density at radius 2 is 1.61 bits per heavy atom. The van der Waals surface area contributed by atoms with Crippen molar-refractivity contribution in [3.63, 3.8) is 0 Å². The topological polar surface area (TPSA) is 85.6 Å². The minimum absolute atomic E-state index is 0.274. The molecule has 138 valence electrons. The molecule has 4 rings (SSSR count). The Hall–Kier alpha value is -3.52. The fourth-order valence-electron chi connectivity index (χ4n) is 2.59. The van der Waals surface area contributed by atoms with Crippen molar-refractivity contribution in [1.29, 1.82) is 0 Å². The van der Waals surface area contributed by atoms with Crippen molar-refractivity contribution >= 4 is 23.4 Å². The van der Waals surface area contributed by atoms with Gasteiger partial charge in [0.05, 0.1) is 11.4 Å². The van der Waals surface area contributed by atoms with Crippen LogP contribution in [0.2, 0.25) is 0 Å². The van der Waals surface area contributed by atoms with Crippen molar-refractivity contribution in [2.24, 2.45) is 0 Å². The van der Waals surface area contributed by atoms with E-state index < -0.39 is 0 Å². The minimum Gasteiger partial charge on any atom is -0.321 e. The molecule has 0 unspecified atom stereocenters. The van der Waals surface area contributed by atoms with Gasteiger partial charge in [0.2, 0.25) is 0 Å². The van der Waals surface area contributed by atoms with Crippen molar-refractivity contribution in [1.82, 2.24) is 25.0 Å². The van der Waals surface area contributed by atoms with E-state index in [0.29, 0.717) is 22.3 Å². The lowest BCUT2D eigenvalue weighted by Gasteiger charge is -2.08. The molecule has 0 atom stereocenters. The number of rotatable bonds is 6. The summed E-state index contributed by atoms with van der Waals surface area (Å²) in [6.07, 6.45) is 3.37. The number of carbonyl (C=O) groups excluding carboxylic acids is 1. The quantitative estimate of drug-likeness (QED) is 0.401. The lowest BCUT2D eigenvalue weighted by Crippen LogP contribution is -2.15. The number of aromatic nitrogens is 5. The van der Waals surface area contributed by atoms with E-state index >= 15 is 0 Å². The maximum Gasteiger partial charge on any atom is 0.278 e. The number of hydrogen-bond donors (Lipinski definition) is 1. The molecule has 2 heterocycles. The van der Waals surface area contributed by atoms with Crippen molar-refractivity contribution in [2.75, 3.05) is 5.32 Å². The van der Waals surface area contributed by atoms with Crippen LogP contribution in [-0.2, 0) is 5.75 Å². The number of hydrogen-bond acceptors (Lipinski definition) is 6. The van der Waals surface area contributed by atoms with Gasteiger partial charge >= 0.3 is 0 Å². The van der Waals surface area contributed by atoms with Gasteiger partial charge in [-0.15, -0.1) is 5.10 Å². The molecule has 1 N–H and O–H groups in total. The lowest BCUT2D eigenvalue weighted by molar-refractivity contribution is 0.102. The normalized spacial score (nSPS) is 10.6. The molecule has 0 saturated heterocycles. The van der Waals surface area contributed by atoms with E-state index in [4.69, 9.17) is 0 Å². The van der Waals surface area contributed by atoms with E-state index in [9.17, 15) is 4.79 Å². The lowest BCUT2D eigenvalue weighted by atomic mass is 10.2. The van der Waals surface area contributed by atoms with Crippen LogP contribution in [0.1, 0.15) is 16.2 Å². The number of thioether (sulfide) groups is 1. The summed E-state index contributed by atoms with van der Waals surface area (Å²) in [5.41, 5.74) is 2.48. The molecule has 0 aliphatic carbocycles. The number of anilines is 1. The van der Waals surface area contributed by atoms with Crippen LogP contribution in [0.5, 0.6) is 0 Å². The van der Waals surface area contributed by atoms with Gasteiger partial charge in [0.1, 0.15) is 0 Å². The predicted octanol–water partition coefficient (Wildman–Crippen LogP) is 3.60. The fourth-order valence-corrected chi connectivity index (χ4v) is 3.38. The molecule has 1 amide bonds. The monoisotopic (exact) mass is 388 g/mol. The first-order valence-corrected chi connectivity index (χ1v) is 9.56. The average Bonchev–Trinajstić information content (AvgIpc) is 3.18. The first-order chi connectivity index (χ1) is 13.8. The van der Waals surface area contributed by atoms with Gasteiger partial charge in [0, 0.05) is 23.8 Å². The fraction of sp³-hybridized carbons (Fsp3) is 0.0500. The summed E-state index contributed by atoms with van der Waals surface area (Å²) in [6.45, 7) is 0. The van der Waals surface area contributed by atoms with E-state index in [0.717, 1.165) is 5.69 Å². The number of amides is 1. The van der Waals surface area contributed by atoms with Crippen molar-refractivity contribution in [2.45, 2.75) is 10.9 Å². The Balaban J connectivity index is 1.65. The standard InChI is InChI=1S/C20H16N6OS/c27-19(23-15-8-3-1-4-9-15)18-17(14-28-20-21-12-7-13-22-20)26(25-24-18)16-10-5-2-6-11-16/h1-13H,14H2,(H,23,27). The molecule has 0 aliphatic rings. The molecule has 0 spiro atoms. The Morgan fingerprint density at radius 3 is 2.32 bits per heavy atom. The first-order valence-electron chi connectivity index (χ1n) is 8.57. The highest BCUT2D eigenvalue weighted by Gasteiger charge is 2.21. The number of para-hydroxylation sites is 2. The smallest absolute Gasteiger partial charge is 0.278 e. The molecule has 0 radical (unpaired) electrons. The SMILES string of the molecule is O=C(Nc1ccccc1)c1nnn(-c2ccccc2)c1CSc1ncccn1. The Morgan fingerprint density at radius 1 is 0.929 bits per heavy atom. The number of benzene rings is 2. The summed E-state index contributed by atoms with van der Waals surface area (Å²) in [4.78, 5) is 21.3. The zero-order valence-corrected chi connectivity index (χ0v) is 15.6. The average molecular weight is 388 g/mol. The minimum atomic E-state index is -0.307. The van der Waals surface area contributed by atoms with Crippen LogP contribution in [0.3, 0.4) is 0 Å². The molecule has 4 aromatic rings. The molecular weight excluding hydrogens is 372 g/mol. The summed E-state index contributed by atoms with van der Waals surface area (Å²) in [5.74, 6) is 0.140. The van der Waals surface area contributed by atoms with Gasteiger partial charge in [-0.25, -0.2) is 14.6 Å². The van der Waals surface area contributed by atoms with E-state index in [2.05, 4.69) is 25.6 Å². The molecule has 0 bridgehead atoms. The highest BCUT2D eigenvalue weighted by atomic mass is 32.2. The Bertz CT molecular complexity index is 1050. The summed E-state index contributed by atoms with van der Waals surface area (Å²) >= 11 is 1.42. The molecule has 0 fully saturated rings. The Kier molecular flexibility index (Phi) is 5.39. The highest BCUT2D eigenvalue weighted by molar-refractivity contribution is 7.98. The van der Waals surface area contributed by atoms with Crippen LogP contribution in [0.15, 0.2) is 84.3 Å². The predicted molar refractivity (Wildman–Crippen MR) is 107 cm³/mol. The molecule has 28 heavy (non-hydrogen) atoms.